The number of carbonyl (C=O) groups excluding carboxylic acids is 1. The Bertz CT molecular complexity index is 1120. The number of benzene rings is 2. The second-order valence-corrected chi connectivity index (χ2v) is 8.26. The maximum atomic E-state index is 13.5. The van der Waals surface area contributed by atoms with E-state index < -0.39 is 0 Å². The van der Waals surface area contributed by atoms with E-state index in [9.17, 15) is 9.90 Å². The van der Waals surface area contributed by atoms with Crippen LogP contribution in [0.15, 0.2) is 34.9 Å². The second kappa shape index (κ2) is 8.32. The monoisotopic (exact) mass is 420 g/mol. The molecule has 31 heavy (non-hydrogen) atoms. The van der Waals surface area contributed by atoms with Crippen molar-refractivity contribution in [1.82, 2.24) is 10.1 Å². The number of β-amino-alcohol motifs (C(OH)–C–C–N with tert-alkyl or cyclic N) is 1. The van der Waals surface area contributed by atoms with Gasteiger partial charge in [0.25, 0.3) is 0 Å². The number of rotatable bonds is 7. The average Bonchev–Trinajstić information content (AvgIpc) is 3.24. The van der Waals surface area contributed by atoms with Gasteiger partial charge in [-0.05, 0) is 12.5 Å². The minimum Gasteiger partial charge on any atom is -0.395 e. The number of aromatic nitrogens is 1. The number of aliphatic hydroxyl groups is 1. The van der Waals surface area contributed by atoms with Crippen LogP contribution >= 0.6 is 0 Å². The highest BCUT2D eigenvalue weighted by molar-refractivity contribution is 6.28. The first-order valence-corrected chi connectivity index (χ1v) is 11.2. The van der Waals surface area contributed by atoms with Crippen LogP contribution in [0, 0.1) is 0 Å². The molecule has 7 heteroatoms. The number of unbranched alkanes of at least 4 members (excludes halogenated alkanes) is 1. The first-order valence-electron chi connectivity index (χ1n) is 11.2. The third-order valence-electron chi connectivity index (χ3n) is 6.35. The van der Waals surface area contributed by atoms with Crippen molar-refractivity contribution in [2.75, 3.05) is 56.1 Å². The Kier molecular flexibility index (Phi) is 5.38. The van der Waals surface area contributed by atoms with Gasteiger partial charge in [0.15, 0.2) is 11.5 Å². The summed E-state index contributed by atoms with van der Waals surface area (Å²) in [6.45, 7) is 7.30. The molecule has 0 spiro atoms. The standard InChI is InChI=1S/C24H28N4O3/c1-2-3-8-25-18-15-19(28-11-9-27(10-12-28)13-14-29)22-21-20(18)23(30)16-6-4-5-7-17(16)24(21)31-26-22/h4-7,15,25,29H,2-3,8-14H2,1H3. The lowest BCUT2D eigenvalue weighted by molar-refractivity contribution is 0.104. The molecule has 2 aromatic carbocycles. The number of carbonyl (C=O) groups is 1. The van der Waals surface area contributed by atoms with Crippen molar-refractivity contribution in [3.63, 3.8) is 0 Å². The summed E-state index contributed by atoms with van der Waals surface area (Å²) in [4.78, 5) is 18.1. The molecule has 1 aromatic heterocycles. The predicted octanol–water partition coefficient (Wildman–Crippen LogP) is 3.37. The van der Waals surface area contributed by atoms with E-state index in [1.54, 1.807) is 0 Å². The van der Waals surface area contributed by atoms with Gasteiger partial charge in [0.05, 0.1) is 23.2 Å². The van der Waals surface area contributed by atoms with Crippen LogP contribution in [0.2, 0.25) is 0 Å². The van der Waals surface area contributed by atoms with Gasteiger partial charge in [-0.15, -0.1) is 0 Å². The number of ketones is 1. The number of fused-ring (bicyclic) bond motifs is 2. The van der Waals surface area contributed by atoms with Gasteiger partial charge < -0.3 is 19.8 Å². The van der Waals surface area contributed by atoms with Gasteiger partial charge in [-0.25, -0.2) is 0 Å². The van der Waals surface area contributed by atoms with Gasteiger partial charge in [0.2, 0.25) is 0 Å². The Morgan fingerprint density at radius 3 is 2.68 bits per heavy atom. The molecule has 3 aromatic rings. The van der Waals surface area contributed by atoms with Crippen molar-refractivity contribution >= 4 is 28.1 Å². The molecule has 1 fully saturated rings. The van der Waals surface area contributed by atoms with Gasteiger partial charge in [0, 0.05) is 56.1 Å². The lowest BCUT2D eigenvalue weighted by Gasteiger charge is -2.36. The molecular weight excluding hydrogens is 392 g/mol. The fourth-order valence-corrected chi connectivity index (χ4v) is 4.68. The van der Waals surface area contributed by atoms with E-state index in [0.29, 0.717) is 23.4 Å². The van der Waals surface area contributed by atoms with Crippen LogP contribution in [-0.4, -0.2) is 66.8 Å². The minimum atomic E-state index is 0.0228. The van der Waals surface area contributed by atoms with E-state index >= 15 is 0 Å². The quantitative estimate of drug-likeness (QED) is 0.444. The number of anilines is 2. The number of piperazine rings is 1. The molecule has 162 valence electrons. The summed E-state index contributed by atoms with van der Waals surface area (Å²) in [5.41, 5.74) is 4.76. The van der Waals surface area contributed by atoms with E-state index in [-0.39, 0.29) is 12.4 Å². The molecule has 0 saturated carbocycles. The Hall–Kier alpha value is -2.90. The highest BCUT2D eigenvalue weighted by Gasteiger charge is 2.34. The second-order valence-electron chi connectivity index (χ2n) is 8.26. The zero-order chi connectivity index (χ0) is 21.4. The summed E-state index contributed by atoms with van der Waals surface area (Å²) in [6, 6.07) is 9.68. The number of hydrogen-bond donors (Lipinski definition) is 2. The highest BCUT2D eigenvalue weighted by Crippen LogP contribution is 2.45. The zero-order valence-electron chi connectivity index (χ0n) is 17.9. The molecule has 1 saturated heterocycles. The minimum absolute atomic E-state index is 0.0228. The molecule has 1 aliphatic carbocycles. The van der Waals surface area contributed by atoms with Crippen LogP contribution in [0.1, 0.15) is 35.7 Å². The topological polar surface area (TPSA) is 81.8 Å². The third-order valence-corrected chi connectivity index (χ3v) is 6.35. The van der Waals surface area contributed by atoms with E-state index in [1.165, 1.54) is 0 Å². The smallest absolute Gasteiger partial charge is 0.196 e. The van der Waals surface area contributed by atoms with Crippen molar-refractivity contribution in [1.29, 1.82) is 0 Å². The molecule has 7 nitrogen and oxygen atoms in total. The summed E-state index contributed by atoms with van der Waals surface area (Å²) < 4.78 is 5.84. The largest absolute Gasteiger partial charge is 0.395 e. The van der Waals surface area contributed by atoms with E-state index in [0.717, 1.165) is 73.4 Å². The van der Waals surface area contributed by atoms with Gasteiger partial charge in [-0.3, -0.25) is 9.69 Å². The van der Waals surface area contributed by atoms with Gasteiger partial charge in [-0.1, -0.05) is 42.8 Å². The zero-order valence-corrected chi connectivity index (χ0v) is 17.9. The molecule has 0 atom stereocenters. The molecule has 0 radical (unpaired) electrons. The molecule has 2 N–H and O–H groups in total. The maximum absolute atomic E-state index is 13.5. The third kappa shape index (κ3) is 3.38. The van der Waals surface area contributed by atoms with Crippen LogP contribution < -0.4 is 10.2 Å². The van der Waals surface area contributed by atoms with Crippen LogP contribution in [0.5, 0.6) is 0 Å². The number of nitrogens with one attached hydrogen (secondary N) is 1. The summed E-state index contributed by atoms with van der Waals surface area (Å²) in [6.07, 6.45) is 2.12. The molecule has 2 heterocycles. The molecule has 0 unspecified atom stereocenters. The number of aliphatic hydroxyl groups excluding tert-OH is 1. The summed E-state index contributed by atoms with van der Waals surface area (Å²) >= 11 is 0. The van der Waals surface area contributed by atoms with Crippen LogP contribution in [-0.2, 0) is 0 Å². The Labute approximate surface area is 181 Å². The van der Waals surface area contributed by atoms with Crippen molar-refractivity contribution in [2.24, 2.45) is 0 Å². The normalized spacial score (nSPS) is 16.1. The van der Waals surface area contributed by atoms with Gasteiger partial charge in [0.1, 0.15) is 5.52 Å². The molecular formula is C24H28N4O3. The van der Waals surface area contributed by atoms with Crippen molar-refractivity contribution in [2.45, 2.75) is 19.8 Å². The molecule has 1 aliphatic heterocycles. The van der Waals surface area contributed by atoms with Crippen LogP contribution in [0.25, 0.3) is 22.2 Å². The SMILES string of the molecule is CCCCNc1cc(N2CCN(CCO)CC2)c2noc3c2c1C(=O)c1ccccc1-3. The van der Waals surface area contributed by atoms with Gasteiger partial charge in [-0.2, -0.15) is 0 Å². The Morgan fingerprint density at radius 2 is 1.94 bits per heavy atom. The van der Waals surface area contributed by atoms with E-state index in [2.05, 4.69) is 33.3 Å². The first-order chi connectivity index (χ1) is 15.2. The predicted molar refractivity (Wildman–Crippen MR) is 122 cm³/mol. The summed E-state index contributed by atoms with van der Waals surface area (Å²) in [5.74, 6) is 0.703. The highest BCUT2D eigenvalue weighted by atomic mass is 16.5. The fourth-order valence-electron chi connectivity index (χ4n) is 4.68. The number of nitrogens with zero attached hydrogens (tertiary/aromatic N) is 3. The molecule has 0 amide bonds. The maximum Gasteiger partial charge on any atom is 0.196 e. The Balaban J connectivity index is 1.62. The lowest BCUT2D eigenvalue weighted by atomic mass is 9.86. The van der Waals surface area contributed by atoms with Crippen molar-refractivity contribution < 1.29 is 14.4 Å². The lowest BCUT2D eigenvalue weighted by Crippen LogP contribution is -2.47. The molecule has 2 aliphatic rings. The molecule has 5 rings (SSSR count). The van der Waals surface area contributed by atoms with Crippen LogP contribution in [0.4, 0.5) is 11.4 Å². The van der Waals surface area contributed by atoms with Crippen molar-refractivity contribution in [3.05, 3.63) is 41.5 Å². The molecule has 0 bridgehead atoms. The average molecular weight is 421 g/mol. The van der Waals surface area contributed by atoms with E-state index in [4.69, 9.17) is 4.52 Å². The fraction of sp³-hybridized carbons (Fsp3) is 0.417. The number of hydrogen-bond acceptors (Lipinski definition) is 7. The van der Waals surface area contributed by atoms with Gasteiger partial charge >= 0.3 is 0 Å². The van der Waals surface area contributed by atoms with Crippen LogP contribution in [0.3, 0.4) is 0 Å². The first kappa shape index (κ1) is 20.0. The van der Waals surface area contributed by atoms with Crippen molar-refractivity contribution in [3.8, 4) is 11.3 Å². The Morgan fingerprint density at radius 1 is 1.16 bits per heavy atom. The summed E-state index contributed by atoms with van der Waals surface area (Å²) in [5, 5.41) is 18.0. The van der Waals surface area contributed by atoms with E-state index in [1.807, 2.05) is 24.3 Å². The summed E-state index contributed by atoms with van der Waals surface area (Å²) in [7, 11) is 0.